The van der Waals surface area contributed by atoms with Crippen LogP contribution in [0.2, 0.25) is 0 Å². The molecule has 0 aromatic heterocycles. The second kappa shape index (κ2) is 6.19. The van der Waals surface area contributed by atoms with Gasteiger partial charge >= 0.3 is 0 Å². The Morgan fingerprint density at radius 3 is 2.62 bits per heavy atom. The summed E-state index contributed by atoms with van der Waals surface area (Å²) in [5, 5.41) is -0.0687. The van der Waals surface area contributed by atoms with Crippen LogP contribution >= 0.6 is 11.6 Å². The fraction of sp³-hybridized carbons (Fsp3) is 1.00. The van der Waals surface area contributed by atoms with Gasteiger partial charge in [-0.15, -0.1) is 11.6 Å². The third-order valence-corrected chi connectivity index (χ3v) is 4.45. The van der Waals surface area contributed by atoms with Crippen molar-refractivity contribution >= 4 is 21.6 Å². The molecular weight excluding hydrogens is 250 g/mol. The molecular formula is C10H20ClNO3S. The Morgan fingerprint density at radius 2 is 2.12 bits per heavy atom. The van der Waals surface area contributed by atoms with Crippen molar-refractivity contribution in [3.05, 3.63) is 0 Å². The molecule has 1 aliphatic rings. The number of sulfonamides is 1. The first-order valence-corrected chi connectivity index (χ1v) is 7.75. The van der Waals surface area contributed by atoms with Gasteiger partial charge in [-0.05, 0) is 26.7 Å². The number of hydrogen-bond acceptors (Lipinski definition) is 3. The molecule has 96 valence electrons. The van der Waals surface area contributed by atoms with Crippen LogP contribution in [0.3, 0.4) is 0 Å². The Kier molecular flexibility index (Phi) is 5.50. The van der Waals surface area contributed by atoms with Crippen molar-refractivity contribution in [2.24, 2.45) is 0 Å². The molecule has 6 heteroatoms. The maximum Gasteiger partial charge on any atom is 0.214 e. The molecule has 0 heterocycles. The van der Waals surface area contributed by atoms with E-state index < -0.39 is 10.0 Å². The number of hydrogen-bond donors (Lipinski definition) is 1. The standard InChI is InChI=1S/C10H20ClNO3S/c1-8(2)15-6-7-16(13,14)12-10-5-3-4-9(10)11/h8-10,12H,3-7H2,1-2H3. The fourth-order valence-electron chi connectivity index (χ4n) is 1.73. The van der Waals surface area contributed by atoms with E-state index in [9.17, 15) is 8.42 Å². The van der Waals surface area contributed by atoms with Crippen molar-refractivity contribution in [3.63, 3.8) is 0 Å². The summed E-state index contributed by atoms with van der Waals surface area (Å²) in [6.07, 6.45) is 2.77. The Balaban J connectivity index is 2.33. The molecule has 0 radical (unpaired) electrons. The summed E-state index contributed by atoms with van der Waals surface area (Å²) in [6.45, 7) is 3.99. The zero-order valence-corrected chi connectivity index (χ0v) is 11.4. The van der Waals surface area contributed by atoms with Crippen LogP contribution in [0.15, 0.2) is 0 Å². The zero-order chi connectivity index (χ0) is 12.2. The van der Waals surface area contributed by atoms with E-state index in [4.69, 9.17) is 16.3 Å². The molecule has 1 rings (SSSR count). The first kappa shape index (κ1) is 14.2. The van der Waals surface area contributed by atoms with Gasteiger partial charge in [-0.3, -0.25) is 0 Å². The largest absolute Gasteiger partial charge is 0.378 e. The Hall–Kier alpha value is 0.160. The van der Waals surface area contributed by atoms with Crippen LogP contribution in [-0.2, 0) is 14.8 Å². The van der Waals surface area contributed by atoms with Gasteiger partial charge in [-0.2, -0.15) is 0 Å². The lowest BCUT2D eigenvalue weighted by atomic mass is 10.3. The highest BCUT2D eigenvalue weighted by Gasteiger charge is 2.28. The average molecular weight is 270 g/mol. The second-order valence-corrected chi connectivity index (χ2v) is 6.84. The van der Waals surface area contributed by atoms with E-state index in [-0.39, 0.29) is 29.9 Å². The molecule has 0 aromatic rings. The van der Waals surface area contributed by atoms with Crippen molar-refractivity contribution in [2.75, 3.05) is 12.4 Å². The van der Waals surface area contributed by atoms with E-state index in [1.54, 1.807) is 0 Å². The number of halogens is 1. The number of alkyl halides is 1. The molecule has 2 unspecified atom stereocenters. The van der Waals surface area contributed by atoms with Gasteiger partial charge in [-0.25, -0.2) is 13.1 Å². The second-order valence-electron chi connectivity index (χ2n) is 4.41. The lowest BCUT2D eigenvalue weighted by Gasteiger charge is -2.16. The van der Waals surface area contributed by atoms with Crippen LogP contribution in [0, 0.1) is 0 Å². The summed E-state index contributed by atoms with van der Waals surface area (Å²) in [6, 6.07) is -0.106. The van der Waals surface area contributed by atoms with Gasteiger partial charge in [0.2, 0.25) is 10.0 Å². The average Bonchev–Trinajstić information content (AvgIpc) is 2.50. The van der Waals surface area contributed by atoms with E-state index in [0.29, 0.717) is 0 Å². The maximum atomic E-state index is 11.7. The summed E-state index contributed by atoms with van der Waals surface area (Å²) in [4.78, 5) is 0. The maximum absolute atomic E-state index is 11.7. The molecule has 0 aliphatic heterocycles. The molecule has 4 nitrogen and oxygen atoms in total. The van der Waals surface area contributed by atoms with Crippen LogP contribution in [-0.4, -0.2) is 38.3 Å². The lowest BCUT2D eigenvalue weighted by molar-refractivity contribution is 0.0911. The minimum absolute atomic E-state index is 0.00525. The summed E-state index contributed by atoms with van der Waals surface area (Å²) < 4.78 is 31.2. The van der Waals surface area contributed by atoms with Crippen LogP contribution in [0.5, 0.6) is 0 Å². The van der Waals surface area contributed by atoms with Crippen molar-refractivity contribution in [3.8, 4) is 0 Å². The molecule has 0 spiro atoms. The van der Waals surface area contributed by atoms with Gasteiger partial charge < -0.3 is 4.74 Å². The minimum Gasteiger partial charge on any atom is -0.378 e. The number of ether oxygens (including phenoxy) is 1. The molecule has 16 heavy (non-hydrogen) atoms. The van der Waals surface area contributed by atoms with Gasteiger partial charge in [0.15, 0.2) is 0 Å². The van der Waals surface area contributed by atoms with Crippen LogP contribution in [0.1, 0.15) is 33.1 Å². The Labute approximate surface area is 103 Å². The van der Waals surface area contributed by atoms with E-state index in [1.165, 1.54) is 0 Å². The monoisotopic (exact) mass is 269 g/mol. The number of rotatable bonds is 6. The summed E-state index contributed by atoms with van der Waals surface area (Å²) in [5.41, 5.74) is 0. The topological polar surface area (TPSA) is 55.4 Å². The van der Waals surface area contributed by atoms with Gasteiger partial charge in [-0.1, -0.05) is 6.42 Å². The molecule has 0 amide bonds. The van der Waals surface area contributed by atoms with Crippen molar-refractivity contribution in [1.29, 1.82) is 0 Å². The fourth-order valence-corrected chi connectivity index (χ4v) is 3.33. The first-order chi connectivity index (χ1) is 7.41. The third-order valence-electron chi connectivity index (χ3n) is 2.57. The van der Waals surface area contributed by atoms with Gasteiger partial charge in [0, 0.05) is 11.4 Å². The van der Waals surface area contributed by atoms with Crippen molar-refractivity contribution in [1.82, 2.24) is 4.72 Å². The normalized spacial score (nSPS) is 26.5. The first-order valence-electron chi connectivity index (χ1n) is 5.66. The van der Waals surface area contributed by atoms with Gasteiger partial charge in [0.05, 0.1) is 18.5 Å². The van der Waals surface area contributed by atoms with Crippen LogP contribution in [0.4, 0.5) is 0 Å². The van der Waals surface area contributed by atoms with E-state index in [0.717, 1.165) is 19.3 Å². The molecule has 0 aromatic carbocycles. The summed E-state index contributed by atoms with van der Waals surface area (Å²) in [5.74, 6) is 0.00525. The molecule has 0 saturated heterocycles. The highest BCUT2D eigenvalue weighted by atomic mass is 35.5. The van der Waals surface area contributed by atoms with Crippen molar-refractivity contribution < 1.29 is 13.2 Å². The van der Waals surface area contributed by atoms with E-state index in [1.807, 2.05) is 13.8 Å². The third kappa shape index (κ3) is 4.99. The SMILES string of the molecule is CC(C)OCCS(=O)(=O)NC1CCCC1Cl. The van der Waals surface area contributed by atoms with Gasteiger partial charge in [0.1, 0.15) is 0 Å². The lowest BCUT2D eigenvalue weighted by Crippen LogP contribution is -2.40. The van der Waals surface area contributed by atoms with E-state index >= 15 is 0 Å². The smallest absolute Gasteiger partial charge is 0.214 e. The predicted molar refractivity (Wildman–Crippen MR) is 65.3 cm³/mol. The van der Waals surface area contributed by atoms with Crippen LogP contribution in [0.25, 0.3) is 0 Å². The quantitative estimate of drug-likeness (QED) is 0.744. The predicted octanol–water partition coefficient (Wildman–Crippen LogP) is 1.49. The summed E-state index contributed by atoms with van der Waals surface area (Å²) >= 11 is 6.01. The van der Waals surface area contributed by atoms with Crippen LogP contribution < -0.4 is 4.72 Å². The molecule has 2 atom stereocenters. The molecule has 1 fully saturated rings. The Bertz CT molecular complexity index is 305. The molecule has 1 N–H and O–H groups in total. The van der Waals surface area contributed by atoms with E-state index in [2.05, 4.69) is 4.72 Å². The number of nitrogens with one attached hydrogen (secondary N) is 1. The Morgan fingerprint density at radius 1 is 1.44 bits per heavy atom. The van der Waals surface area contributed by atoms with Gasteiger partial charge in [0.25, 0.3) is 0 Å². The molecule has 1 aliphatic carbocycles. The molecule has 1 saturated carbocycles. The van der Waals surface area contributed by atoms with Crippen molar-refractivity contribution in [2.45, 2.75) is 50.6 Å². The molecule has 0 bridgehead atoms. The zero-order valence-electron chi connectivity index (χ0n) is 9.78. The highest BCUT2D eigenvalue weighted by Crippen LogP contribution is 2.24. The highest BCUT2D eigenvalue weighted by molar-refractivity contribution is 7.89. The minimum atomic E-state index is -3.25. The summed E-state index contributed by atoms with van der Waals surface area (Å²) in [7, 11) is -3.25.